The van der Waals surface area contributed by atoms with E-state index < -0.39 is 0 Å². The third-order valence-corrected chi connectivity index (χ3v) is 3.82. The first-order valence-corrected chi connectivity index (χ1v) is 7.87. The van der Waals surface area contributed by atoms with Crippen molar-refractivity contribution in [2.75, 3.05) is 5.32 Å². The summed E-state index contributed by atoms with van der Waals surface area (Å²) in [6.07, 6.45) is 1.19. The number of carbonyl (C=O) groups excluding carboxylic acids is 1. The van der Waals surface area contributed by atoms with Crippen molar-refractivity contribution in [1.82, 2.24) is 10.2 Å². The van der Waals surface area contributed by atoms with Crippen molar-refractivity contribution in [3.05, 3.63) is 65.5 Å². The molecule has 0 bridgehead atoms. The number of hydrogen-bond acceptors (Lipinski definition) is 4. The van der Waals surface area contributed by atoms with E-state index in [0.29, 0.717) is 18.2 Å². The summed E-state index contributed by atoms with van der Waals surface area (Å²) in [6.45, 7) is 3.81. The minimum atomic E-state index is -0.000335. The molecule has 1 amide bonds. The topological polar surface area (TPSA) is 68.0 Å². The van der Waals surface area contributed by atoms with E-state index in [2.05, 4.69) is 34.6 Å². The minimum absolute atomic E-state index is 0.000335. The van der Waals surface area contributed by atoms with Gasteiger partial charge in [-0.15, -0.1) is 10.2 Å². The van der Waals surface area contributed by atoms with Crippen LogP contribution in [0.1, 0.15) is 23.4 Å². The molecule has 0 saturated heterocycles. The van der Waals surface area contributed by atoms with Gasteiger partial charge in [0.15, 0.2) is 0 Å². The second-order valence-electron chi connectivity index (χ2n) is 5.68. The van der Waals surface area contributed by atoms with Gasteiger partial charge in [0.2, 0.25) is 17.7 Å². The van der Waals surface area contributed by atoms with Crippen molar-refractivity contribution in [3.63, 3.8) is 0 Å². The summed E-state index contributed by atoms with van der Waals surface area (Å²) in [5.74, 6) is 1.00. The first kappa shape index (κ1) is 15.9. The van der Waals surface area contributed by atoms with Gasteiger partial charge in [-0.1, -0.05) is 24.3 Å². The molecule has 1 N–H and O–H groups in total. The number of aromatic nitrogens is 2. The van der Waals surface area contributed by atoms with Crippen molar-refractivity contribution in [3.8, 4) is 11.5 Å². The highest BCUT2D eigenvalue weighted by Crippen LogP contribution is 2.20. The van der Waals surface area contributed by atoms with E-state index in [1.54, 1.807) is 6.92 Å². The van der Waals surface area contributed by atoms with Gasteiger partial charge in [0, 0.05) is 24.6 Å². The lowest BCUT2D eigenvalue weighted by atomic mass is 10.0. The van der Waals surface area contributed by atoms with Gasteiger partial charge >= 0.3 is 0 Å². The summed E-state index contributed by atoms with van der Waals surface area (Å²) in [6, 6.07) is 15.5. The van der Waals surface area contributed by atoms with Gasteiger partial charge in [0.25, 0.3) is 0 Å². The van der Waals surface area contributed by atoms with Gasteiger partial charge in [0.05, 0.1) is 0 Å². The number of amides is 1. The third-order valence-electron chi connectivity index (χ3n) is 3.82. The Bertz CT molecular complexity index is 838. The van der Waals surface area contributed by atoms with Crippen LogP contribution in [-0.2, 0) is 11.2 Å². The Morgan fingerprint density at radius 3 is 2.46 bits per heavy atom. The van der Waals surface area contributed by atoms with Crippen molar-refractivity contribution in [2.24, 2.45) is 0 Å². The fourth-order valence-electron chi connectivity index (χ4n) is 2.47. The van der Waals surface area contributed by atoms with Crippen LogP contribution in [0.25, 0.3) is 11.5 Å². The molecule has 1 heterocycles. The van der Waals surface area contributed by atoms with Crippen LogP contribution in [0.2, 0.25) is 0 Å². The number of nitrogens with zero attached hydrogens (tertiary/aromatic N) is 2. The highest BCUT2D eigenvalue weighted by Gasteiger charge is 2.07. The fourth-order valence-corrected chi connectivity index (χ4v) is 2.47. The molecule has 0 aliphatic carbocycles. The molecule has 0 aliphatic rings. The van der Waals surface area contributed by atoms with Crippen LogP contribution in [0.15, 0.2) is 52.9 Å². The normalized spacial score (nSPS) is 10.6. The van der Waals surface area contributed by atoms with Crippen LogP contribution < -0.4 is 5.32 Å². The number of rotatable bonds is 5. The maximum Gasteiger partial charge on any atom is 0.247 e. The zero-order chi connectivity index (χ0) is 16.9. The highest BCUT2D eigenvalue weighted by molar-refractivity contribution is 5.91. The number of carbonyl (C=O) groups is 1. The van der Waals surface area contributed by atoms with E-state index in [9.17, 15) is 4.79 Å². The van der Waals surface area contributed by atoms with Crippen molar-refractivity contribution < 1.29 is 9.21 Å². The third kappa shape index (κ3) is 3.87. The molecule has 24 heavy (non-hydrogen) atoms. The number of anilines is 1. The summed E-state index contributed by atoms with van der Waals surface area (Å²) in [5, 5.41) is 10.7. The van der Waals surface area contributed by atoms with Crippen LogP contribution in [0, 0.1) is 13.8 Å². The summed E-state index contributed by atoms with van der Waals surface area (Å²) in [7, 11) is 0. The lowest BCUT2D eigenvalue weighted by molar-refractivity contribution is -0.116. The van der Waals surface area contributed by atoms with Crippen molar-refractivity contribution >= 4 is 11.6 Å². The van der Waals surface area contributed by atoms with Crippen molar-refractivity contribution in [1.29, 1.82) is 0 Å². The predicted octanol–water partition coefficient (Wildman–Crippen LogP) is 3.92. The summed E-state index contributed by atoms with van der Waals surface area (Å²) >= 11 is 0. The Morgan fingerprint density at radius 2 is 1.79 bits per heavy atom. The SMILES string of the molecule is Cc1nnc(-c2ccc(NC(=O)CCc3ccccc3C)cc2)o1. The van der Waals surface area contributed by atoms with Crippen molar-refractivity contribution in [2.45, 2.75) is 26.7 Å². The maximum absolute atomic E-state index is 12.1. The molecule has 122 valence electrons. The Hall–Kier alpha value is -2.95. The van der Waals surface area contributed by atoms with E-state index in [1.807, 2.05) is 36.4 Å². The molecular weight excluding hydrogens is 302 g/mol. The second kappa shape index (κ2) is 7.08. The molecule has 0 radical (unpaired) electrons. The molecule has 0 saturated carbocycles. The zero-order valence-electron chi connectivity index (χ0n) is 13.7. The summed E-state index contributed by atoms with van der Waals surface area (Å²) in [5.41, 5.74) is 4.00. The molecule has 0 spiro atoms. The van der Waals surface area contributed by atoms with Gasteiger partial charge in [0.1, 0.15) is 0 Å². The Labute approximate surface area is 140 Å². The first-order valence-electron chi connectivity index (χ1n) is 7.87. The maximum atomic E-state index is 12.1. The van der Waals surface area contributed by atoms with Gasteiger partial charge < -0.3 is 9.73 Å². The second-order valence-corrected chi connectivity index (χ2v) is 5.68. The standard InChI is InChI=1S/C19H19N3O2/c1-13-5-3-4-6-15(13)9-12-18(23)20-17-10-7-16(8-11-17)19-22-21-14(2)24-19/h3-8,10-11H,9,12H2,1-2H3,(H,20,23). The van der Waals surface area contributed by atoms with Crippen LogP contribution in [0.5, 0.6) is 0 Å². The van der Waals surface area contributed by atoms with Gasteiger partial charge in [-0.3, -0.25) is 4.79 Å². The molecular formula is C19H19N3O2. The lowest BCUT2D eigenvalue weighted by Gasteiger charge is -2.07. The van der Waals surface area contributed by atoms with E-state index in [-0.39, 0.29) is 5.91 Å². The molecule has 5 nitrogen and oxygen atoms in total. The Morgan fingerprint density at radius 1 is 1.04 bits per heavy atom. The molecule has 1 aromatic heterocycles. The number of hydrogen-bond donors (Lipinski definition) is 1. The smallest absolute Gasteiger partial charge is 0.247 e. The molecule has 5 heteroatoms. The van der Waals surface area contributed by atoms with Crippen LogP contribution in [0.3, 0.4) is 0 Å². The molecule has 0 unspecified atom stereocenters. The zero-order valence-corrected chi connectivity index (χ0v) is 13.7. The highest BCUT2D eigenvalue weighted by atomic mass is 16.4. The Kier molecular flexibility index (Phi) is 4.70. The number of benzene rings is 2. The predicted molar refractivity (Wildman–Crippen MR) is 92.6 cm³/mol. The van der Waals surface area contributed by atoms with E-state index >= 15 is 0 Å². The Balaban J connectivity index is 1.57. The molecule has 3 rings (SSSR count). The summed E-state index contributed by atoms with van der Waals surface area (Å²) in [4.78, 5) is 12.1. The first-order chi connectivity index (χ1) is 11.6. The molecule has 0 atom stereocenters. The summed E-state index contributed by atoms with van der Waals surface area (Å²) < 4.78 is 5.38. The average molecular weight is 321 g/mol. The molecule has 0 fully saturated rings. The minimum Gasteiger partial charge on any atom is -0.421 e. The van der Waals surface area contributed by atoms with E-state index in [0.717, 1.165) is 17.7 Å². The average Bonchev–Trinajstić information content (AvgIpc) is 3.01. The van der Waals surface area contributed by atoms with E-state index in [1.165, 1.54) is 11.1 Å². The largest absolute Gasteiger partial charge is 0.421 e. The van der Waals surface area contributed by atoms with Gasteiger partial charge in [-0.25, -0.2) is 0 Å². The van der Waals surface area contributed by atoms with Gasteiger partial charge in [-0.05, 0) is 48.7 Å². The van der Waals surface area contributed by atoms with Gasteiger partial charge in [-0.2, -0.15) is 0 Å². The number of aryl methyl sites for hydroxylation is 3. The van der Waals surface area contributed by atoms with Crippen LogP contribution in [-0.4, -0.2) is 16.1 Å². The monoisotopic (exact) mass is 321 g/mol. The molecule has 0 aliphatic heterocycles. The molecule has 3 aromatic rings. The van der Waals surface area contributed by atoms with E-state index in [4.69, 9.17) is 4.42 Å². The quantitative estimate of drug-likeness (QED) is 0.773. The van der Waals surface area contributed by atoms with Crippen LogP contribution >= 0.6 is 0 Å². The fraction of sp³-hybridized carbons (Fsp3) is 0.211. The number of nitrogens with one attached hydrogen (secondary N) is 1. The lowest BCUT2D eigenvalue weighted by Crippen LogP contribution is -2.12. The van der Waals surface area contributed by atoms with Crippen LogP contribution in [0.4, 0.5) is 5.69 Å². The molecule has 2 aromatic carbocycles.